The number of amides is 2. The van der Waals surface area contributed by atoms with Crippen LogP contribution in [-0.2, 0) is 39.3 Å². The number of anilines is 2. The summed E-state index contributed by atoms with van der Waals surface area (Å²) in [6.45, 7) is 0.401. The average molecular weight is 736 g/mol. The van der Waals surface area contributed by atoms with Gasteiger partial charge in [-0.2, -0.15) is 0 Å². The van der Waals surface area contributed by atoms with Crippen LogP contribution in [0.1, 0.15) is 73.2 Å². The van der Waals surface area contributed by atoms with Crippen LogP contribution in [0.2, 0.25) is 0 Å². The molecule has 5 N–H and O–H groups in total. The van der Waals surface area contributed by atoms with Gasteiger partial charge in [-0.1, -0.05) is 91.0 Å². The molecule has 1 aliphatic heterocycles. The van der Waals surface area contributed by atoms with E-state index in [9.17, 15) is 14.7 Å². The minimum absolute atomic E-state index is 0.0154. The molecule has 13 heteroatoms. The van der Waals surface area contributed by atoms with Gasteiger partial charge in [-0.15, -0.1) is 5.10 Å². The van der Waals surface area contributed by atoms with E-state index in [4.69, 9.17) is 15.2 Å². The molecule has 1 saturated heterocycles. The van der Waals surface area contributed by atoms with Crippen LogP contribution in [0.3, 0.4) is 0 Å². The van der Waals surface area contributed by atoms with Crippen molar-refractivity contribution in [1.82, 2.24) is 25.5 Å². The Morgan fingerprint density at radius 2 is 1.62 bits per heavy atom. The zero-order valence-corrected chi connectivity index (χ0v) is 30.5. The zero-order valence-electron chi connectivity index (χ0n) is 29.7. The van der Waals surface area contributed by atoms with Crippen molar-refractivity contribution in [2.45, 2.75) is 75.3 Å². The number of benzene rings is 4. The van der Waals surface area contributed by atoms with E-state index in [0.29, 0.717) is 60.9 Å². The smallest absolute Gasteiger partial charge is 0.224 e. The molecule has 276 valence electrons. The molecule has 2 amide bonds. The Bertz CT molecular complexity index is 1970. The number of aliphatic hydroxyl groups is 1. The molecule has 0 bridgehead atoms. The number of nitrogen functional groups attached to an aromatic ring is 1. The van der Waals surface area contributed by atoms with E-state index < -0.39 is 6.29 Å². The fourth-order valence-corrected chi connectivity index (χ4v) is 6.99. The van der Waals surface area contributed by atoms with Crippen LogP contribution in [0.15, 0.2) is 102 Å². The van der Waals surface area contributed by atoms with Crippen molar-refractivity contribution in [2.75, 3.05) is 16.8 Å². The first-order chi connectivity index (χ1) is 25.8. The third-order valence-corrected chi connectivity index (χ3v) is 10.2. The second-order valence-corrected chi connectivity index (χ2v) is 14.0. The first-order valence-electron chi connectivity index (χ1n) is 17.8. The molecule has 3 atom stereocenters. The van der Waals surface area contributed by atoms with E-state index in [2.05, 4.69) is 50.4 Å². The predicted octanol–water partition coefficient (Wildman–Crippen LogP) is 6.49. The molecule has 1 aromatic heterocycles. The Kier molecular flexibility index (Phi) is 13.2. The SMILES string of the molecule is Cn1nnnc1SC[C@H]1C[C@@H](c2ccc(CO)cc2)O[C@@H](c2cccc(-c3cccc(CNC(=O)CCCCCC(=O)Nc4ccccc4N)c3)c2)O1. The summed E-state index contributed by atoms with van der Waals surface area (Å²) in [5.41, 5.74) is 12.8. The first-order valence-corrected chi connectivity index (χ1v) is 18.8. The maximum Gasteiger partial charge on any atom is 0.224 e. The molecule has 0 saturated carbocycles. The number of tetrazole rings is 1. The largest absolute Gasteiger partial charge is 0.397 e. The van der Waals surface area contributed by atoms with Gasteiger partial charge in [0.25, 0.3) is 0 Å². The van der Waals surface area contributed by atoms with Gasteiger partial charge < -0.3 is 30.9 Å². The molecule has 4 aromatic carbocycles. The Morgan fingerprint density at radius 1 is 0.868 bits per heavy atom. The third kappa shape index (κ3) is 10.7. The second kappa shape index (κ2) is 18.6. The number of carbonyl (C=O) groups is 2. The minimum atomic E-state index is -0.603. The molecule has 1 aliphatic rings. The van der Waals surface area contributed by atoms with E-state index in [1.165, 1.54) is 0 Å². The fraction of sp³-hybridized carbons (Fsp3) is 0.325. The number of hydrogen-bond acceptors (Lipinski definition) is 10. The Morgan fingerprint density at radius 3 is 2.38 bits per heavy atom. The van der Waals surface area contributed by atoms with Crippen molar-refractivity contribution in [1.29, 1.82) is 0 Å². The van der Waals surface area contributed by atoms with Crippen LogP contribution in [0, 0.1) is 0 Å². The molecule has 1 fully saturated rings. The van der Waals surface area contributed by atoms with Crippen LogP contribution >= 0.6 is 11.8 Å². The highest BCUT2D eigenvalue weighted by Crippen LogP contribution is 2.40. The van der Waals surface area contributed by atoms with Crippen LogP contribution in [0.25, 0.3) is 11.1 Å². The fourth-order valence-electron chi connectivity index (χ4n) is 6.12. The minimum Gasteiger partial charge on any atom is -0.397 e. The molecular weight excluding hydrogens is 691 g/mol. The zero-order chi connectivity index (χ0) is 37.0. The van der Waals surface area contributed by atoms with Crippen molar-refractivity contribution < 1.29 is 24.2 Å². The number of unbranched alkanes of at least 4 members (excludes halogenated alkanes) is 2. The molecule has 53 heavy (non-hydrogen) atoms. The monoisotopic (exact) mass is 735 g/mol. The van der Waals surface area contributed by atoms with Gasteiger partial charge in [0.2, 0.25) is 17.0 Å². The van der Waals surface area contributed by atoms with Crippen molar-refractivity contribution in [3.63, 3.8) is 0 Å². The highest BCUT2D eigenvalue weighted by atomic mass is 32.2. The van der Waals surface area contributed by atoms with Gasteiger partial charge in [0.1, 0.15) is 0 Å². The van der Waals surface area contributed by atoms with Crippen molar-refractivity contribution in [2.24, 2.45) is 7.05 Å². The number of hydrogen-bond donors (Lipinski definition) is 4. The number of aryl methyl sites for hydroxylation is 1. The number of carbonyl (C=O) groups excluding carboxylic acids is 2. The lowest BCUT2D eigenvalue weighted by Gasteiger charge is -2.36. The number of nitrogens with two attached hydrogens (primary N) is 1. The molecule has 12 nitrogen and oxygen atoms in total. The number of para-hydroxylation sites is 2. The molecule has 2 heterocycles. The lowest BCUT2D eigenvalue weighted by molar-refractivity contribution is -0.245. The number of nitrogens with zero attached hydrogens (tertiary/aromatic N) is 4. The lowest BCUT2D eigenvalue weighted by Crippen LogP contribution is -2.31. The van der Waals surface area contributed by atoms with E-state index in [1.54, 1.807) is 28.6 Å². The first kappa shape index (κ1) is 37.7. The standard InChI is InChI=1S/C40H45N7O5S/c1-47-40(44-45-46-47)53-26-33-23-36(29-19-17-27(25-48)18-20-29)52-39(51-33)32-12-8-11-31(22-32)30-10-7-9-28(21-30)24-42-37(49)15-3-2-4-16-38(50)43-35-14-6-5-13-34(35)41/h5-14,17-22,33,36,39,48H,2-4,15-16,23-26,41H2,1H3,(H,42,49)(H,43,50)/t33-,36+,39+/m1/s1. The van der Waals surface area contributed by atoms with Crippen molar-refractivity contribution in [3.05, 3.63) is 119 Å². The molecule has 0 aliphatic carbocycles. The Hall–Kier alpha value is -5.08. The number of aliphatic hydroxyl groups excluding tert-OH is 1. The summed E-state index contributed by atoms with van der Waals surface area (Å²) in [4.78, 5) is 24.9. The number of nitrogens with one attached hydrogen (secondary N) is 2. The van der Waals surface area contributed by atoms with E-state index in [-0.39, 0.29) is 30.6 Å². The Labute approximate surface area is 313 Å². The molecule has 0 unspecified atom stereocenters. The van der Waals surface area contributed by atoms with Crippen LogP contribution < -0.4 is 16.4 Å². The number of thioether (sulfide) groups is 1. The summed E-state index contributed by atoms with van der Waals surface area (Å²) in [7, 11) is 1.81. The molecule has 6 rings (SSSR count). The van der Waals surface area contributed by atoms with E-state index in [0.717, 1.165) is 39.8 Å². The Balaban J connectivity index is 1.03. The van der Waals surface area contributed by atoms with Crippen LogP contribution in [0.5, 0.6) is 0 Å². The number of ether oxygens (including phenoxy) is 2. The summed E-state index contributed by atoms with van der Waals surface area (Å²) in [6.07, 6.45) is 2.67. The van der Waals surface area contributed by atoms with Crippen molar-refractivity contribution in [3.8, 4) is 11.1 Å². The summed E-state index contributed by atoms with van der Waals surface area (Å²) in [6, 6.07) is 31.3. The third-order valence-electron chi connectivity index (χ3n) is 9.05. The maximum atomic E-state index is 12.6. The number of aromatic nitrogens is 4. The topological polar surface area (TPSA) is 167 Å². The van der Waals surface area contributed by atoms with Gasteiger partial charge >= 0.3 is 0 Å². The molecule has 0 radical (unpaired) electrons. The van der Waals surface area contributed by atoms with E-state index >= 15 is 0 Å². The van der Waals surface area contributed by atoms with Gasteiger partial charge in [0.15, 0.2) is 6.29 Å². The lowest BCUT2D eigenvalue weighted by atomic mass is 9.99. The summed E-state index contributed by atoms with van der Waals surface area (Å²) in [5, 5.41) is 27.9. The van der Waals surface area contributed by atoms with Crippen molar-refractivity contribution >= 4 is 35.0 Å². The van der Waals surface area contributed by atoms with Gasteiger partial charge in [0, 0.05) is 44.2 Å². The highest BCUT2D eigenvalue weighted by molar-refractivity contribution is 7.99. The van der Waals surface area contributed by atoms with Crippen LogP contribution in [-0.4, -0.2) is 49.0 Å². The molecule has 0 spiro atoms. The number of rotatable bonds is 16. The van der Waals surface area contributed by atoms with Gasteiger partial charge in [-0.25, -0.2) is 4.68 Å². The average Bonchev–Trinajstić information content (AvgIpc) is 3.61. The second-order valence-electron chi connectivity index (χ2n) is 13.0. The maximum absolute atomic E-state index is 12.6. The normalized spacial score (nSPS) is 17.0. The summed E-state index contributed by atoms with van der Waals surface area (Å²) < 4.78 is 14.8. The molecular formula is C40H45N7O5S. The van der Waals surface area contributed by atoms with E-state index in [1.807, 2.05) is 67.7 Å². The van der Waals surface area contributed by atoms with Gasteiger partial charge in [-0.3, -0.25) is 9.59 Å². The predicted molar refractivity (Wildman–Crippen MR) is 204 cm³/mol. The summed E-state index contributed by atoms with van der Waals surface area (Å²) >= 11 is 1.54. The van der Waals surface area contributed by atoms with Gasteiger partial charge in [0.05, 0.1) is 30.2 Å². The van der Waals surface area contributed by atoms with Crippen LogP contribution in [0.4, 0.5) is 11.4 Å². The highest BCUT2D eigenvalue weighted by Gasteiger charge is 2.32. The summed E-state index contributed by atoms with van der Waals surface area (Å²) in [5.74, 6) is 0.546. The quantitative estimate of drug-likeness (QED) is 0.0500. The molecule has 5 aromatic rings. The van der Waals surface area contributed by atoms with Gasteiger partial charge in [-0.05, 0) is 75.4 Å².